The van der Waals surface area contributed by atoms with E-state index in [-0.39, 0.29) is 23.7 Å². The topological polar surface area (TPSA) is 92.7 Å². The highest BCUT2D eigenvalue weighted by Crippen LogP contribution is 2.20. The van der Waals surface area contributed by atoms with Crippen LogP contribution in [0.15, 0.2) is 0 Å². The summed E-state index contributed by atoms with van der Waals surface area (Å²) in [5.74, 6) is -0.430. The minimum absolute atomic E-state index is 0.116. The van der Waals surface area contributed by atoms with Crippen LogP contribution in [0.2, 0.25) is 0 Å². The Hall–Kier alpha value is -1.24. The summed E-state index contributed by atoms with van der Waals surface area (Å²) in [5, 5.41) is 12.7. The number of carboxylic acids is 1. The average Bonchev–Trinajstić information content (AvgIpc) is 3.23. The van der Waals surface area contributed by atoms with Gasteiger partial charge in [-0.1, -0.05) is 258 Å². The van der Waals surface area contributed by atoms with Gasteiger partial charge < -0.3 is 15.2 Å². The first-order valence-electron chi connectivity index (χ1n) is 26.7. The average molecular weight is 866 g/mol. The van der Waals surface area contributed by atoms with Gasteiger partial charge in [-0.25, -0.2) is 4.79 Å². The monoisotopic (exact) mass is 866 g/mol. The molecule has 0 bridgehead atoms. The van der Waals surface area contributed by atoms with Crippen molar-refractivity contribution >= 4 is 29.6 Å². The second kappa shape index (κ2) is 48.8. The van der Waals surface area contributed by atoms with E-state index in [4.69, 9.17) is 4.74 Å². The summed E-state index contributed by atoms with van der Waals surface area (Å²) in [7, 11) is 0. The molecule has 60 heavy (non-hydrogen) atoms. The molecule has 0 radical (unpaired) electrons. The highest BCUT2D eigenvalue weighted by atomic mass is 32.2. The molecule has 0 unspecified atom stereocenters. The summed E-state index contributed by atoms with van der Waals surface area (Å²) >= 11 is 1.49. The van der Waals surface area contributed by atoms with Crippen LogP contribution in [-0.2, 0) is 19.1 Å². The smallest absolute Gasteiger partial charge is 0.327 e. The van der Waals surface area contributed by atoms with Crippen molar-refractivity contribution in [1.82, 2.24) is 5.32 Å². The predicted molar refractivity (Wildman–Crippen MR) is 262 cm³/mol. The summed E-state index contributed by atoms with van der Waals surface area (Å²) in [6, 6.07) is -0.923. The summed E-state index contributed by atoms with van der Waals surface area (Å²) < 4.78 is 6.03. The van der Waals surface area contributed by atoms with Crippen LogP contribution in [-0.4, -0.2) is 46.6 Å². The standard InChI is InChI=1S/C53H103NO5S/c1-4-7-10-13-16-19-22-25-28-29-32-35-38-41-44-49(59-52(56)46-43-40-37-34-31-27-24-21-18-15-12-9-6-3)47-60-48-50(53(57)58)54-51(55)45-42-39-36-33-30-26-23-20-17-14-11-8-5-2/h49-50H,4-48H2,1-3H3,(H,54,55)(H,57,58)/t49-,50-/m0/s1. The molecule has 0 aliphatic rings. The van der Waals surface area contributed by atoms with Crippen molar-refractivity contribution in [2.75, 3.05) is 11.5 Å². The van der Waals surface area contributed by atoms with Gasteiger partial charge >= 0.3 is 11.9 Å². The Labute approximate surface area is 378 Å². The number of amides is 1. The van der Waals surface area contributed by atoms with Gasteiger partial charge in [0.1, 0.15) is 12.1 Å². The van der Waals surface area contributed by atoms with Crippen LogP contribution in [0.5, 0.6) is 0 Å². The second-order valence-electron chi connectivity index (χ2n) is 18.5. The molecule has 0 heterocycles. The third kappa shape index (κ3) is 44.8. The Kier molecular flexibility index (Phi) is 47.8. The normalized spacial score (nSPS) is 12.4. The Bertz CT molecular complexity index is 916. The lowest BCUT2D eigenvalue weighted by Gasteiger charge is -2.20. The number of hydrogen-bond acceptors (Lipinski definition) is 5. The Balaban J connectivity index is 4.47. The minimum atomic E-state index is -0.996. The lowest BCUT2D eigenvalue weighted by molar-refractivity contribution is -0.148. The molecule has 0 fully saturated rings. The van der Waals surface area contributed by atoms with Crippen LogP contribution >= 0.6 is 11.8 Å². The zero-order valence-corrected chi connectivity index (χ0v) is 41.3. The summed E-state index contributed by atoms with van der Waals surface area (Å²) in [4.78, 5) is 37.7. The third-order valence-corrected chi connectivity index (χ3v) is 13.6. The fraction of sp³-hybridized carbons (Fsp3) is 0.943. The van der Waals surface area contributed by atoms with Crippen molar-refractivity contribution in [2.24, 2.45) is 0 Å². The van der Waals surface area contributed by atoms with E-state index < -0.39 is 12.0 Å². The fourth-order valence-corrected chi connectivity index (χ4v) is 9.43. The van der Waals surface area contributed by atoms with Gasteiger partial charge in [-0.2, -0.15) is 11.8 Å². The summed E-state index contributed by atoms with van der Waals surface area (Å²) in [6.07, 6.45) is 52.7. The third-order valence-electron chi connectivity index (χ3n) is 12.4. The largest absolute Gasteiger partial charge is 0.480 e. The maximum Gasteiger partial charge on any atom is 0.327 e. The number of thioether (sulfide) groups is 1. The molecular formula is C53H103NO5S. The molecule has 1 amide bonds. The van der Waals surface area contributed by atoms with Gasteiger partial charge in [-0.3, -0.25) is 9.59 Å². The molecule has 0 spiro atoms. The number of rotatable bonds is 50. The number of unbranched alkanes of at least 4 members (excludes halogenated alkanes) is 37. The molecule has 0 aromatic carbocycles. The molecule has 6 nitrogen and oxygen atoms in total. The first kappa shape index (κ1) is 58.8. The highest BCUT2D eigenvalue weighted by molar-refractivity contribution is 7.99. The molecule has 7 heteroatoms. The molecule has 2 N–H and O–H groups in total. The lowest BCUT2D eigenvalue weighted by Crippen LogP contribution is -2.42. The van der Waals surface area contributed by atoms with E-state index in [1.165, 1.54) is 224 Å². The summed E-state index contributed by atoms with van der Waals surface area (Å²) in [5.41, 5.74) is 0. The number of ether oxygens (including phenoxy) is 1. The first-order chi connectivity index (χ1) is 29.4. The first-order valence-corrected chi connectivity index (χ1v) is 27.9. The number of nitrogens with one attached hydrogen (secondary N) is 1. The van der Waals surface area contributed by atoms with Crippen LogP contribution in [0.25, 0.3) is 0 Å². The van der Waals surface area contributed by atoms with Crippen LogP contribution in [0, 0.1) is 0 Å². The molecule has 0 rings (SSSR count). The van der Waals surface area contributed by atoms with Crippen LogP contribution < -0.4 is 5.32 Å². The maximum absolute atomic E-state index is 12.9. The molecule has 0 aliphatic heterocycles. The predicted octanol–water partition coefficient (Wildman–Crippen LogP) is 17.0. The highest BCUT2D eigenvalue weighted by Gasteiger charge is 2.22. The van der Waals surface area contributed by atoms with Gasteiger partial charge in [-0.05, 0) is 25.7 Å². The Morgan fingerprint density at radius 3 is 1.05 bits per heavy atom. The molecule has 356 valence electrons. The quantitative estimate of drug-likeness (QED) is 0.0467. The zero-order chi connectivity index (χ0) is 43.8. The molecule has 0 aromatic rings. The lowest BCUT2D eigenvalue weighted by atomic mass is 10.0. The van der Waals surface area contributed by atoms with E-state index >= 15 is 0 Å². The number of aliphatic carboxylic acids is 1. The van der Waals surface area contributed by atoms with Gasteiger partial charge in [0.15, 0.2) is 0 Å². The molecule has 0 saturated heterocycles. The van der Waals surface area contributed by atoms with Crippen molar-refractivity contribution in [2.45, 2.75) is 309 Å². The SMILES string of the molecule is CCCCCCCCCCCCCCCC[C@@H](CSC[C@H](NC(=O)CCCCCCCCCCCCCCC)C(=O)O)OC(=O)CCCCCCCCCCCCCCC. The molecule has 2 atom stereocenters. The molecular weight excluding hydrogens is 763 g/mol. The molecule has 0 saturated carbocycles. The van der Waals surface area contributed by atoms with E-state index in [1.54, 1.807) is 0 Å². The van der Waals surface area contributed by atoms with Gasteiger partial charge in [0, 0.05) is 24.3 Å². The van der Waals surface area contributed by atoms with Crippen molar-refractivity contribution in [1.29, 1.82) is 0 Å². The second-order valence-corrected chi connectivity index (χ2v) is 19.6. The number of carbonyl (C=O) groups is 3. The van der Waals surface area contributed by atoms with Crippen LogP contribution in [0.4, 0.5) is 0 Å². The fourth-order valence-electron chi connectivity index (χ4n) is 8.34. The van der Waals surface area contributed by atoms with Crippen LogP contribution in [0.1, 0.15) is 297 Å². The Morgan fingerprint density at radius 2 is 0.717 bits per heavy atom. The van der Waals surface area contributed by atoms with E-state index in [1.807, 2.05) is 0 Å². The van der Waals surface area contributed by atoms with Crippen molar-refractivity contribution in [3.05, 3.63) is 0 Å². The van der Waals surface area contributed by atoms with E-state index in [0.29, 0.717) is 18.6 Å². The van der Waals surface area contributed by atoms with Crippen molar-refractivity contribution in [3.8, 4) is 0 Å². The van der Waals surface area contributed by atoms with Gasteiger partial charge in [0.2, 0.25) is 5.91 Å². The number of carboxylic acid groups (broad SMARTS) is 1. The minimum Gasteiger partial charge on any atom is -0.480 e. The maximum atomic E-state index is 12.9. The van der Waals surface area contributed by atoms with Crippen molar-refractivity contribution in [3.63, 3.8) is 0 Å². The Morgan fingerprint density at radius 1 is 0.417 bits per heavy atom. The molecule has 0 aliphatic carbocycles. The van der Waals surface area contributed by atoms with Gasteiger partial charge in [0.25, 0.3) is 0 Å². The van der Waals surface area contributed by atoms with Gasteiger partial charge in [0.05, 0.1) is 0 Å². The zero-order valence-electron chi connectivity index (χ0n) is 40.5. The van der Waals surface area contributed by atoms with E-state index in [9.17, 15) is 19.5 Å². The van der Waals surface area contributed by atoms with E-state index in [2.05, 4.69) is 26.1 Å². The number of hydrogen-bond donors (Lipinski definition) is 2. The van der Waals surface area contributed by atoms with Crippen LogP contribution in [0.3, 0.4) is 0 Å². The van der Waals surface area contributed by atoms with E-state index in [0.717, 1.165) is 51.4 Å². The number of carbonyl (C=O) groups excluding carboxylic acids is 2. The van der Waals surface area contributed by atoms with Crippen molar-refractivity contribution < 1.29 is 24.2 Å². The molecule has 0 aromatic heterocycles. The van der Waals surface area contributed by atoms with Gasteiger partial charge in [-0.15, -0.1) is 0 Å². The number of esters is 1. The summed E-state index contributed by atoms with van der Waals surface area (Å²) in [6.45, 7) is 6.81.